The zero-order valence-electron chi connectivity index (χ0n) is 16.2. The SMILES string of the molecule is C=CC[N@@+]1(C)CC[C@]23c4c5c(OCC)cc(O)c4O[C@H]2C(=O)CC[C@H]3[C@H]1C5. The van der Waals surface area contributed by atoms with E-state index in [1.807, 2.05) is 13.0 Å². The van der Waals surface area contributed by atoms with Crippen molar-refractivity contribution in [1.82, 2.24) is 0 Å². The van der Waals surface area contributed by atoms with Gasteiger partial charge in [0.25, 0.3) is 0 Å². The number of phenols is 1. The Kier molecular flexibility index (Phi) is 3.49. The van der Waals surface area contributed by atoms with Crippen LogP contribution in [0, 0.1) is 5.92 Å². The summed E-state index contributed by atoms with van der Waals surface area (Å²) >= 11 is 0. The summed E-state index contributed by atoms with van der Waals surface area (Å²) in [7, 11) is 2.33. The Labute approximate surface area is 160 Å². The fourth-order valence-corrected chi connectivity index (χ4v) is 6.65. The Hall–Kier alpha value is -2.01. The Balaban J connectivity index is 1.78. The molecule has 1 aromatic rings. The molecular formula is C22H28NO4+. The van der Waals surface area contributed by atoms with E-state index in [1.165, 1.54) is 0 Å². The van der Waals surface area contributed by atoms with Gasteiger partial charge in [0.1, 0.15) is 5.75 Å². The standard InChI is InChI=1S/C22H27NO4/c1-4-9-23(3)10-8-22-14-6-7-16(24)21(22)27-20-17(25)12-18(26-5-2)13(19(20)22)11-15(14)23/h4,12,14-15,21H,1,5-11H2,2-3H3/p+1/t14-,15+,21-,22-,23-/m0/s1. The summed E-state index contributed by atoms with van der Waals surface area (Å²) in [6.45, 7) is 8.44. The van der Waals surface area contributed by atoms with Crippen LogP contribution in [0.15, 0.2) is 18.7 Å². The first-order chi connectivity index (χ1) is 13.0. The third kappa shape index (κ3) is 1.96. The van der Waals surface area contributed by atoms with Crippen LogP contribution in [0.3, 0.4) is 0 Å². The first kappa shape index (κ1) is 17.1. The summed E-state index contributed by atoms with van der Waals surface area (Å²) in [5, 5.41) is 10.7. The molecule has 2 aliphatic carbocycles. The predicted octanol–water partition coefficient (Wildman–Crippen LogP) is 2.73. The number of likely N-dealkylation sites (tertiary alicyclic amines) is 1. The lowest BCUT2D eigenvalue weighted by molar-refractivity contribution is -0.939. The molecule has 0 radical (unpaired) electrons. The van der Waals surface area contributed by atoms with Gasteiger partial charge in [-0.1, -0.05) is 6.58 Å². The monoisotopic (exact) mass is 370 g/mol. The van der Waals surface area contributed by atoms with Crippen molar-refractivity contribution >= 4 is 5.78 Å². The fourth-order valence-electron chi connectivity index (χ4n) is 6.65. The molecule has 0 amide bonds. The van der Waals surface area contributed by atoms with Crippen molar-refractivity contribution < 1.29 is 23.9 Å². The topological polar surface area (TPSA) is 55.8 Å². The van der Waals surface area contributed by atoms with Crippen LogP contribution in [0.1, 0.15) is 37.3 Å². The molecule has 0 unspecified atom stereocenters. The molecule has 5 atom stereocenters. The smallest absolute Gasteiger partial charge is 0.174 e. The maximum atomic E-state index is 12.9. The van der Waals surface area contributed by atoms with Gasteiger partial charge in [0, 0.05) is 42.4 Å². The van der Waals surface area contributed by atoms with E-state index in [0.717, 1.165) is 53.7 Å². The zero-order valence-corrected chi connectivity index (χ0v) is 16.2. The fraction of sp³-hybridized carbons (Fsp3) is 0.591. The minimum absolute atomic E-state index is 0.111. The van der Waals surface area contributed by atoms with Crippen LogP contribution in [0.5, 0.6) is 17.2 Å². The number of ether oxygens (including phenoxy) is 2. The van der Waals surface area contributed by atoms with Crippen molar-refractivity contribution in [3.63, 3.8) is 0 Å². The van der Waals surface area contributed by atoms with Gasteiger partial charge < -0.3 is 19.1 Å². The average molecular weight is 370 g/mol. The van der Waals surface area contributed by atoms with E-state index < -0.39 is 6.10 Å². The number of nitrogens with zero attached hydrogens (tertiary/aromatic N) is 1. The molecule has 1 N–H and O–H groups in total. The van der Waals surface area contributed by atoms with Crippen molar-refractivity contribution in [2.75, 3.05) is 26.7 Å². The second-order valence-corrected chi connectivity index (χ2v) is 8.85. The Morgan fingerprint density at radius 1 is 1.52 bits per heavy atom. The first-order valence-electron chi connectivity index (χ1n) is 10.1. The second-order valence-electron chi connectivity index (χ2n) is 8.85. The zero-order chi connectivity index (χ0) is 19.0. The maximum absolute atomic E-state index is 12.9. The summed E-state index contributed by atoms with van der Waals surface area (Å²) in [5.74, 6) is 1.98. The van der Waals surface area contributed by atoms with E-state index >= 15 is 0 Å². The number of Topliss-reactive ketones (excluding diaryl/α,β-unsaturated/α-hetero) is 1. The minimum atomic E-state index is -0.451. The number of carbonyl (C=O) groups is 1. The van der Waals surface area contributed by atoms with Crippen LogP contribution < -0.4 is 9.47 Å². The number of quaternary nitrogens is 1. The van der Waals surface area contributed by atoms with Crippen LogP contribution in [-0.4, -0.2) is 54.3 Å². The average Bonchev–Trinajstić information content (AvgIpc) is 2.99. The van der Waals surface area contributed by atoms with Gasteiger partial charge in [-0.15, -0.1) is 0 Å². The lowest BCUT2D eigenvalue weighted by Gasteiger charge is -2.60. The molecule has 1 spiro atoms. The number of rotatable bonds is 4. The molecule has 2 heterocycles. The van der Waals surface area contributed by atoms with Crippen LogP contribution in [0.4, 0.5) is 0 Å². The van der Waals surface area contributed by atoms with Gasteiger partial charge in [0.15, 0.2) is 23.4 Å². The number of hydrogen-bond acceptors (Lipinski definition) is 4. The molecule has 1 saturated heterocycles. The van der Waals surface area contributed by atoms with E-state index in [1.54, 1.807) is 6.07 Å². The minimum Gasteiger partial charge on any atom is -0.504 e. The Morgan fingerprint density at radius 2 is 2.33 bits per heavy atom. The molecule has 5 rings (SSSR count). The van der Waals surface area contributed by atoms with E-state index in [4.69, 9.17) is 9.47 Å². The molecule has 144 valence electrons. The number of aromatic hydroxyl groups is 1. The highest BCUT2D eigenvalue weighted by atomic mass is 16.5. The highest BCUT2D eigenvalue weighted by Crippen LogP contribution is 2.65. The summed E-state index contributed by atoms with van der Waals surface area (Å²) < 4.78 is 13.1. The maximum Gasteiger partial charge on any atom is 0.174 e. The summed E-state index contributed by atoms with van der Waals surface area (Å²) in [4.78, 5) is 12.9. The molecule has 1 saturated carbocycles. The number of ketones is 1. The number of carbonyl (C=O) groups excluding carboxylic acids is 1. The lowest BCUT2D eigenvalue weighted by Crippen LogP contribution is -2.71. The molecule has 2 fully saturated rings. The van der Waals surface area contributed by atoms with E-state index in [2.05, 4.69) is 13.6 Å². The van der Waals surface area contributed by atoms with Crippen molar-refractivity contribution in [3.05, 3.63) is 29.8 Å². The van der Waals surface area contributed by atoms with Crippen molar-refractivity contribution in [2.45, 2.75) is 50.2 Å². The van der Waals surface area contributed by atoms with Crippen LogP contribution >= 0.6 is 0 Å². The highest BCUT2D eigenvalue weighted by Gasteiger charge is 2.69. The van der Waals surface area contributed by atoms with Crippen LogP contribution in [-0.2, 0) is 16.6 Å². The molecule has 0 aromatic heterocycles. The Bertz CT molecular complexity index is 849. The van der Waals surface area contributed by atoms with Crippen molar-refractivity contribution in [2.24, 2.45) is 5.92 Å². The molecule has 5 heteroatoms. The largest absolute Gasteiger partial charge is 0.504 e. The lowest BCUT2D eigenvalue weighted by atomic mass is 9.51. The highest BCUT2D eigenvalue weighted by molar-refractivity contribution is 5.89. The molecule has 2 aliphatic heterocycles. The normalized spacial score (nSPS) is 38.1. The van der Waals surface area contributed by atoms with Gasteiger partial charge in [0.2, 0.25) is 0 Å². The first-order valence-corrected chi connectivity index (χ1v) is 10.1. The summed E-state index contributed by atoms with van der Waals surface area (Å²) in [6, 6.07) is 2.10. The quantitative estimate of drug-likeness (QED) is 0.654. The van der Waals surface area contributed by atoms with Crippen LogP contribution in [0.2, 0.25) is 0 Å². The number of benzene rings is 1. The molecule has 1 aromatic carbocycles. The number of piperidine rings is 1. The number of likely N-dealkylation sites (N-methyl/N-ethyl adjacent to an activating group) is 1. The van der Waals surface area contributed by atoms with Gasteiger partial charge in [-0.25, -0.2) is 0 Å². The number of hydrogen-bond donors (Lipinski definition) is 1. The van der Waals surface area contributed by atoms with E-state index in [0.29, 0.717) is 30.7 Å². The van der Waals surface area contributed by atoms with Gasteiger partial charge in [-0.3, -0.25) is 4.79 Å². The van der Waals surface area contributed by atoms with Crippen molar-refractivity contribution in [1.29, 1.82) is 0 Å². The predicted molar refractivity (Wildman–Crippen MR) is 101 cm³/mol. The van der Waals surface area contributed by atoms with Gasteiger partial charge >= 0.3 is 0 Å². The molecule has 4 aliphatic rings. The molecule has 2 bridgehead atoms. The van der Waals surface area contributed by atoms with Gasteiger partial charge in [-0.2, -0.15) is 0 Å². The molecule has 27 heavy (non-hydrogen) atoms. The van der Waals surface area contributed by atoms with Gasteiger partial charge in [0.05, 0.1) is 38.2 Å². The molecular weight excluding hydrogens is 342 g/mol. The van der Waals surface area contributed by atoms with E-state index in [9.17, 15) is 9.90 Å². The van der Waals surface area contributed by atoms with Crippen molar-refractivity contribution in [3.8, 4) is 17.2 Å². The molecule has 5 nitrogen and oxygen atoms in total. The summed E-state index contributed by atoms with van der Waals surface area (Å²) in [6.07, 6.45) is 4.86. The number of phenolic OH excluding ortho intramolecular Hbond substituents is 1. The second kappa shape index (κ2) is 5.51. The third-order valence-electron chi connectivity index (χ3n) is 7.71. The van der Waals surface area contributed by atoms with Crippen LogP contribution in [0.25, 0.3) is 0 Å². The Morgan fingerprint density at radius 3 is 3.07 bits per heavy atom. The van der Waals surface area contributed by atoms with E-state index in [-0.39, 0.29) is 16.9 Å². The summed E-state index contributed by atoms with van der Waals surface area (Å²) in [5.41, 5.74) is 1.93. The van der Waals surface area contributed by atoms with Gasteiger partial charge in [-0.05, 0) is 19.4 Å². The third-order valence-corrected chi connectivity index (χ3v) is 7.71.